The number of hydrogen-bond acceptors (Lipinski definition) is 3. The van der Waals surface area contributed by atoms with Crippen LogP contribution < -0.4 is 5.32 Å². The number of methoxy groups -OCH3 is 1. The van der Waals surface area contributed by atoms with Crippen molar-refractivity contribution in [2.45, 2.75) is 46.1 Å². The Kier molecular flexibility index (Phi) is 7.87. The van der Waals surface area contributed by atoms with E-state index in [2.05, 4.69) is 31.0 Å². The molecule has 1 aliphatic rings. The summed E-state index contributed by atoms with van der Waals surface area (Å²) in [5.74, 6) is 1.54. The Labute approximate surface area is 113 Å². The van der Waals surface area contributed by atoms with E-state index in [9.17, 15) is 0 Å². The highest BCUT2D eigenvalue weighted by Crippen LogP contribution is 2.19. The molecule has 18 heavy (non-hydrogen) atoms. The summed E-state index contributed by atoms with van der Waals surface area (Å²) in [7, 11) is 1.81. The van der Waals surface area contributed by atoms with E-state index in [1.807, 2.05) is 7.11 Å². The Hall–Kier alpha value is -0.120. The van der Waals surface area contributed by atoms with E-state index in [1.54, 1.807) is 0 Å². The van der Waals surface area contributed by atoms with Gasteiger partial charge in [0.2, 0.25) is 0 Å². The molecule has 1 saturated heterocycles. The van der Waals surface area contributed by atoms with Crippen LogP contribution in [0.5, 0.6) is 0 Å². The van der Waals surface area contributed by atoms with Crippen molar-refractivity contribution in [3.63, 3.8) is 0 Å². The Balaban J connectivity index is 2.10. The highest BCUT2D eigenvalue weighted by molar-refractivity contribution is 4.76. The summed E-state index contributed by atoms with van der Waals surface area (Å²) in [5, 5.41) is 3.54. The van der Waals surface area contributed by atoms with Crippen molar-refractivity contribution in [3.8, 4) is 0 Å². The zero-order chi connectivity index (χ0) is 13.4. The van der Waals surface area contributed by atoms with E-state index in [0.717, 1.165) is 31.5 Å². The van der Waals surface area contributed by atoms with Gasteiger partial charge in [-0.15, -0.1) is 0 Å². The Bertz CT molecular complexity index is 201. The Morgan fingerprint density at radius 2 is 1.89 bits per heavy atom. The first kappa shape index (κ1) is 15.9. The van der Waals surface area contributed by atoms with Crippen molar-refractivity contribution in [1.29, 1.82) is 0 Å². The first-order valence-electron chi connectivity index (χ1n) is 7.57. The summed E-state index contributed by atoms with van der Waals surface area (Å²) in [4.78, 5) is 2.64. The molecule has 0 aromatic rings. The van der Waals surface area contributed by atoms with Crippen molar-refractivity contribution in [1.82, 2.24) is 10.2 Å². The number of nitrogens with zero attached hydrogens (tertiary/aromatic N) is 1. The normalized spacial score (nSPS) is 20.5. The van der Waals surface area contributed by atoms with Crippen LogP contribution in [0.3, 0.4) is 0 Å². The lowest BCUT2D eigenvalue weighted by Crippen LogP contribution is -2.42. The maximum absolute atomic E-state index is 5.25. The molecule has 0 aromatic heterocycles. The average molecular weight is 256 g/mol. The van der Waals surface area contributed by atoms with Gasteiger partial charge in [0.25, 0.3) is 0 Å². The van der Waals surface area contributed by atoms with E-state index in [0.29, 0.717) is 6.04 Å². The molecule has 1 fully saturated rings. The van der Waals surface area contributed by atoms with Gasteiger partial charge >= 0.3 is 0 Å². The second-order valence-corrected chi connectivity index (χ2v) is 6.17. The molecule has 1 atom stereocenters. The lowest BCUT2D eigenvalue weighted by Gasteiger charge is -2.36. The molecule has 0 aromatic carbocycles. The van der Waals surface area contributed by atoms with Gasteiger partial charge in [0.15, 0.2) is 0 Å². The molecule has 0 saturated carbocycles. The second kappa shape index (κ2) is 8.89. The quantitative estimate of drug-likeness (QED) is 0.675. The molecule has 0 amide bonds. The third-order valence-electron chi connectivity index (χ3n) is 3.97. The number of ether oxygens (including phenoxy) is 1. The molecule has 1 rings (SSSR count). The fraction of sp³-hybridized carbons (Fsp3) is 1.00. The minimum atomic E-state index is 0.716. The van der Waals surface area contributed by atoms with Gasteiger partial charge in [-0.3, -0.25) is 0 Å². The largest absolute Gasteiger partial charge is 0.384 e. The van der Waals surface area contributed by atoms with Crippen molar-refractivity contribution in [2.75, 3.05) is 39.9 Å². The van der Waals surface area contributed by atoms with E-state index in [-0.39, 0.29) is 0 Å². The molecule has 0 spiro atoms. The lowest BCUT2D eigenvalue weighted by molar-refractivity contribution is 0.0814. The molecule has 1 heterocycles. The van der Waals surface area contributed by atoms with Gasteiger partial charge in [-0.1, -0.05) is 13.8 Å². The first-order chi connectivity index (χ1) is 8.63. The van der Waals surface area contributed by atoms with Crippen LogP contribution in [-0.4, -0.2) is 50.8 Å². The maximum Gasteiger partial charge on any atom is 0.0491 e. The zero-order valence-corrected chi connectivity index (χ0v) is 12.7. The van der Waals surface area contributed by atoms with Gasteiger partial charge in [-0.2, -0.15) is 0 Å². The molecule has 0 aliphatic carbocycles. The van der Waals surface area contributed by atoms with Crippen molar-refractivity contribution >= 4 is 0 Å². The molecule has 1 unspecified atom stereocenters. The molecule has 1 N–H and O–H groups in total. The van der Waals surface area contributed by atoms with Crippen LogP contribution in [-0.2, 0) is 4.74 Å². The molecular weight excluding hydrogens is 224 g/mol. The van der Waals surface area contributed by atoms with Crippen LogP contribution in [0.25, 0.3) is 0 Å². The topological polar surface area (TPSA) is 24.5 Å². The molecule has 1 aliphatic heterocycles. The van der Waals surface area contributed by atoms with Crippen LogP contribution in [0.4, 0.5) is 0 Å². The van der Waals surface area contributed by atoms with E-state index in [4.69, 9.17) is 4.74 Å². The summed E-state index contributed by atoms with van der Waals surface area (Å²) >= 11 is 0. The SMILES string of the molecule is COCC1CCN(C(C)CCNCC(C)C)CC1. The fourth-order valence-electron chi connectivity index (χ4n) is 2.68. The van der Waals surface area contributed by atoms with Gasteiger partial charge in [0.1, 0.15) is 0 Å². The second-order valence-electron chi connectivity index (χ2n) is 6.17. The monoisotopic (exact) mass is 256 g/mol. The van der Waals surface area contributed by atoms with Crippen LogP contribution in [0.1, 0.15) is 40.0 Å². The summed E-state index contributed by atoms with van der Waals surface area (Å²) < 4.78 is 5.25. The third-order valence-corrected chi connectivity index (χ3v) is 3.97. The summed E-state index contributed by atoms with van der Waals surface area (Å²) in [6.07, 6.45) is 3.87. The van der Waals surface area contributed by atoms with Crippen LogP contribution in [0, 0.1) is 11.8 Å². The van der Waals surface area contributed by atoms with E-state index >= 15 is 0 Å². The van der Waals surface area contributed by atoms with Crippen molar-refractivity contribution in [3.05, 3.63) is 0 Å². The lowest BCUT2D eigenvalue weighted by atomic mass is 9.96. The fourth-order valence-corrected chi connectivity index (χ4v) is 2.68. The van der Waals surface area contributed by atoms with Gasteiger partial charge < -0.3 is 15.0 Å². The molecule has 108 valence electrons. The standard InChI is InChI=1S/C15H32N2O/c1-13(2)11-16-8-5-14(3)17-9-6-15(7-10-17)12-18-4/h13-16H,5-12H2,1-4H3. The molecule has 0 bridgehead atoms. The van der Waals surface area contributed by atoms with Gasteiger partial charge in [0.05, 0.1) is 0 Å². The van der Waals surface area contributed by atoms with E-state index in [1.165, 1.54) is 32.4 Å². The summed E-state index contributed by atoms with van der Waals surface area (Å²) in [6.45, 7) is 12.6. The van der Waals surface area contributed by atoms with Crippen molar-refractivity contribution in [2.24, 2.45) is 11.8 Å². The van der Waals surface area contributed by atoms with Gasteiger partial charge in [-0.25, -0.2) is 0 Å². The molecule has 3 heteroatoms. The number of likely N-dealkylation sites (tertiary alicyclic amines) is 1. The number of nitrogens with one attached hydrogen (secondary N) is 1. The summed E-state index contributed by atoms with van der Waals surface area (Å²) in [5.41, 5.74) is 0. The molecule has 0 radical (unpaired) electrons. The zero-order valence-electron chi connectivity index (χ0n) is 12.7. The van der Waals surface area contributed by atoms with Crippen LogP contribution in [0.15, 0.2) is 0 Å². The predicted molar refractivity (Wildman–Crippen MR) is 78.0 cm³/mol. The van der Waals surface area contributed by atoms with E-state index < -0.39 is 0 Å². The Morgan fingerprint density at radius 1 is 1.22 bits per heavy atom. The smallest absolute Gasteiger partial charge is 0.0491 e. The molecular formula is C15H32N2O. The highest BCUT2D eigenvalue weighted by Gasteiger charge is 2.22. The van der Waals surface area contributed by atoms with Crippen LogP contribution in [0.2, 0.25) is 0 Å². The Morgan fingerprint density at radius 3 is 2.44 bits per heavy atom. The van der Waals surface area contributed by atoms with Gasteiger partial charge in [0, 0.05) is 19.8 Å². The van der Waals surface area contributed by atoms with Crippen molar-refractivity contribution < 1.29 is 4.74 Å². The van der Waals surface area contributed by atoms with Gasteiger partial charge in [-0.05, 0) is 64.2 Å². The van der Waals surface area contributed by atoms with Crippen LogP contribution >= 0.6 is 0 Å². The first-order valence-corrected chi connectivity index (χ1v) is 7.57. The predicted octanol–water partition coefficient (Wildman–Crippen LogP) is 2.37. The minimum absolute atomic E-state index is 0.716. The minimum Gasteiger partial charge on any atom is -0.384 e. The number of rotatable bonds is 8. The maximum atomic E-state index is 5.25. The number of piperidine rings is 1. The molecule has 3 nitrogen and oxygen atoms in total. The summed E-state index contributed by atoms with van der Waals surface area (Å²) in [6, 6.07) is 0.716. The third kappa shape index (κ3) is 6.17. The highest BCUT2D eigenvalue weighted by atomic mass is 16.5. The number of hydrogen-bond donors (Lipinski definition) is 1. The average Bonchev–Trinajstić information content (AvgIpc) is 2.35.